The second kappa shape index (κ2) is 7.09. The van der Waals surface area contributed by atoms with Gasteiger partial charge in [0.15, 0.2) is 0 Å². The number of urea groups is 1. The van der Waals surface area contributed by atoms with E-state index in [0.29, 0.717) is 21.8 Å². The van der Waals surface area contributed by atoms with Crippen molar-refractivity contribution in [2.45, 2.75) is 12.5 Å². The van der Waals surface area contributed by atoms with Gasteiger partial charge >= 0.3 is 6.03 Å². The van der Waals surface area contributed by atoms with Crippen LogP contribution < -0.4 is 10.6 Å². The Morgan fingerprint density at radius 2 is 1.96 bits per heavy atom. The van der Waals surface area contributed by atoms with Gasteiger partial charge in [-0.15, -0.1) is 0 Å². The Kier molecular flexibility index (Phi) is 4.84. The predicted molar refractivity (Wildman–Crippen MR) is 98.8 cm³/mol. The number of carbonyl (C=O) groups is 3. The summed E-state index contributed by atoms with van der Waals surface area (Å²) in [5.74, 6) is -1.08. The standard InChI is InChI=1S/C19H15ClN4O3/c1-19(13-5-7-14(20)8-6-13)17(26)24(18(27)23-19)11-16(25)22-15-4-2-3-12(9-15)10-21/h2-9H,11H2,1H3,(H,22,25)(H,23,27)/t19-/m0/s1. The summed E-state index contributed by atoms with van der Waals surface area (Å²) in [4.78, 5) is 38.2. The van der Waals surface area contributed by atoms with Crippen LogP contribution in [0, 0.1) is 11.3 Å². The van der Waals surface area contributed by atoms with E-state index in [0.717, 1.165) is 4.90 Å². The number of carbonyl (C=O) groups excluding carboxylic acids is 3. The molecule has 1 fully saturated rings. The zero-order valence-corrected chi connectivity index (χ0v) is 15.1. The molecule has 3 rings (SSSR count). The third-order valence-electron chi connectivity index (χ3n) is 4.27. The van der Waals surface area contributed by atoms with Gasteiger partial charge in [0.25, 0.3) is 5.91 Å². The lowest BCUT2D eigenvalue weighted by Crippen LogP contribution is -2.42. The number of imide groups is 1. The highest BCUT2D eigenvalue weighted by molar-refractivity contribution is 6.30. The third kappa shape index (κ3) is 3.61. The molecule has 0 aromatic heterocycles. The number of nitriles is 1. The van der Waals surface area contributed by atoms with E-state index in [1.54, 1.807) is 49.4 Å². The third-order valence-corrected chi connectivity index (χ3v) is 4.53. The fourth-order valence-corrected chi connectivity index (χ4v) is 2.96. The number of rotatable bonds is 4. The van der Waals surface area contributed by atoms with Gasteiger partial charge in [0.2, 0.25) is 5.91 Å². The molecule has 0 aliphatic carbocycles. The molecule has 1 heterocycles. The minimum atomic E-state index is -1.28. The van der Waals surface area contributed by atoms with E-state index in [2.05, 4.69) is 10.6 Å². The maximum atomic E-state index is 12.8. The maximum absolute atomic E-state index is 12.8. The Morgan fingerprint density at radius 3 is 2.63 bits per heavy atom. The van der Waals surface area contributed by atoms with Crippen molar-refractivity contribution in [3.05, 3.63) is 64.7 Å². The van der Waals surface area contributed by atoms with Crippen molar-refractivity contribution in [1.82, 2.24) is 10.2 Å². The van der Waals surface area contributed by atoms with E-state index >= 15 is 0 Å². The van der Waals surface area contributed by atoms with Crippen LogP contribution >= 0.6 is 11.6 Å². The van der Waals surface area contributed by atoms with Crippen molar-refractivity contribution < 1.29 is 14.4 Å². The Balaban J connectivity index is 1.74. The highest BCUT2D eigenvalue weighted by Gasteiger charge is 2.49. The fourth-order valence-electron chi connectivity index (χ4n) is 2.83. The Morgan fingerprint density at radius 1 is 1.26 bits per heavy atom. The molecule has 1 aliphatic heterocycles. The van der Waals surface area contributed by atoms with E-state index in [1.807, 2.05) is 6.07 Å². The van der Waals surface area contributed by atoms with Gasteiger partial charge in [0.05, 0.1) is 11.6 Å². The fraction of sp³-hybridized carbons (Fsp3) is 0.158. The molecule has 27 heavy (non-hydrogen) atoms. The van der Waals surface area contributed by atoms with Gasteiger partial charge in [-0.3, -0.25) is 14.5 Å². The van der Waals surface area contributed by atoms with Crippen LogP contribution in [0.25, 0.3) is 0 Å². The lowest BCUT2D eigenvalue weighted by molar-refractivity contribution is -0.133. The minimum Gasteiger partial charge on any atom is -0.324 e. The molecular formula is C19H15ClN4O3. The monoisotopic (exact) mass is 382 g/mol. The summed E-state index contributed by atoms with van der Waals surface area (Å²) in [6.07, 6.45) is 0. The zero-order valence-electron chi connectivity index (χ0n) is 14.3. The number of anilines is 1. The van der Waals surface area contributed by atoms with Crippen molar-refractivity contribution in [3.8, 4) is 6.07 Å². The first-order valence-corrected chi connectivity index (χ1v) is 8.41. The highest BCUT2D eigenvalue weighted by atomic mass is 35.5. The van der Waals surface area contributed by atoms with Gasteiger partial charge < -0.3 is 10.6 Å². The molecule has 1 aliphatic rings. The molecule has 4 amide bonds. The van der Waals surface area contributed by atoms with Crippen molar-refractivity contribution in [2.75, 3.05) is 11.9 Å². The van der Waals surface area contributed by atoms with Crippen LogP contribution in [0.5, 0.6) is 0 Å². The lowest BCUT2D eigenvalue weighted by Gasteiger charge is -2.22. The molecule has 2 aromatic carbocycles. The van der Waals surface area contributed by atoms with Gasteiger partial charge in [0.1, 0.15) is 12.1 Å². The Labute approximate surface area is 160 Å². The summed E-state index contributed by atoms with van der Waals surface area (Å²) in [5, 5.41) is 14.6. The van der Waals surface area contributed by atoms with Crippen LogP contribution in [0.1, 0.15) is 18.1 Å². The van der Waals surface area contributed by atoms with Crippen molar-refractivity contribution in [1.29, 1.82) is 5.26 Å². The smallest absolute Gasteiger partial charge is 0.324 e. The van der Waals surface area contributed by atoms with E-state index < -0.39 is 29.9 Å². The van der Waals surface area contributed by atoms with Crippen LogP contribution in [0.4, 0.5) is 10.5 Å². The minimum absolute atomic E-state index is 0.387. The summed E-state index contributed by atoms with van der Waals surface area (Å²) in [6.45, 7) is 1.13. The average Bonchev–Trinajstić information content (AvgIpc) is 2.86. The average molecular weight is 383 g/mol. The highest BCUT2D eigenvalue weighted by Crippen LogP contribution is 2.29. The van der Waals surface area contributed by atoms with Gasteiger partial charge in [-0.1, -0.05) is 29.8 Å². The topological polar surface area (TPSA) is 102 Å². The van der Waals surface area contributed by atoms with Crippen molar-refractivity contribution >= 4 is 35.1 Å². The summed E-state index contributed by atoms with van der Waals surface area (Å²) in [7, 11) is 0. The van der Waals surface area contributed by atoms with Gasteiger partial charge in [-0.2, -0.15) is 5.26 Å². The number of benzene rings is 2. The van der Waals surface area contributed by atoms with Gasteiger partial charge in [-0.05, 0) is 42.8 Å². The molecule has 136 valence electrons. The number of halogens is 1. The molecule has 7 nitrogen and oxygen atoms in total. The number of hydrogen-bond acceptors (Lipinski definition) is 4. The van der Waals surface area contributed by atoms with Crippen LogP contribution in [-0.2, 0) is 15.1 Å². The van der Waals surface area contributed by atoms with E-state index in [4.69, 9.17) is 16.9 Å². The van der Waals surface area contributed by atoms with Crippen LogP contribution in [0.3, 0.4) is 0 Å². The predicted octanol–water partition coefficient (Wildman–Crippen LogP) is 2.62. The molecule has 1 atom stereocenters. The first-order chi connectivity index (χ1) is 12.8. The van der Waals surface area contributed by atoms with E-state index in [9.17, 15) is 14.4 Å². The Hall–Kier alpha value is -3.37. The quantitative estimate of drug-likeness (QED) is 0.793. The van der Waals surface area contributed by atoms with Crippen LogP contribution in [0.2, 0.25) is 5.02 Å². The molecule has 2 aromatic rings. The normalized spacial score (nSPS) is 18.8. The molecule has 0 radical (unpaired) electrons. The zero-order chi connectivity index (χ0) is 19.6. The molecule has 8 heteroatoms. The SMILES string of the molecule is C[C@@]1(c2ccc(Cl)cc2)NC(=O)N(CC(=O)Nc2cccc(C#N)c2)C1=O. The molecule has 2 N–H and O–H groups in total. The largest absolute Gasteiger partial charge is 0.325 e. The number of amides is 4. The van der Waals surface area contributed by atoms with Gasteiger partial charge in [-0.25, -0.2) is 4.79 Å². The summed E-state index contributed by atoms with van der Waals surface area (Å²) >= 11 is 5.87. The van der Waals surface area contributed by atoms with E-state index in [1.165, 1.54) is 6.07 Å². The first-order valence-electron chi connectivity index (χ1n) is 8.03. The molecule has 0 unspecified atom stereocenters. The molecule has 0 saturated carbocycles. The number of nitrogens with zero attached hydrogens (tertiary/aromatic N) is 2. The number of hydrogen-bond donors (Lipinski definition) is 2. The number of nitrogens with one attached hydrogen (secondary N) is 2. The second-order valence-corrected chi connectivity index (χ2v) is 6.63. The summed E-state index contributed by atoms with van der Waals surface area (Å²) in [5.41, 5.74) is 0.0856. The van der Waals surface area contributed by atoms with Crippen molar-refractivity contribution in [3.63, 3.8) is 0 Å². The van der Waals surface area contributed by atoms with Crippen LogP contribution in [0.15, 0.2) is 48.5 Å². The molecule has 1 saturated heterocycles. The summed E-state index contributed by atoms with van der Waals surface area (Å²) < 4.78 is 0. The van der Waals surface area contributed by atoms with Crippen LogP contribution in [-0.4, -0.2) is 29.3 Å². The van der Waals surface area contributed by atoms with Gasteiger partial charge in [0, 0.05) is 10.7 Å². The lowest BCUT2D eigenvalue weighted by atomic mass is 9.92. The second-order valence-electron chi connectivity index (χ2n) is 6.19. The van der Waals surface area contributed by atoms with Crippen molar-refractivity contribution in [2.24, 2.45) is 0 Å². The van der Waals surface area contributed by atoms with E-state index in [-0.39, 0.29) is 0 Å². The molecular weight excluding hydrogens is 368 g/mol. The first kappa shape index (κ1) is 18.4. The molecule has 0 bridgehead atoms. The molecule has 0 spiro atoms. The summed E-state index contributed by atoms with van der Waals surface area (Å²) in [6, 6.07) is 14.2. The Bertz CT molecular complexity index is 968. The maximum Gasteiger partial charge on any atom is 0.325 e.